The molecule has 0 N–H and O–H groups in total. The van der Waals surface area contributed by atoms with Crippen molar-refractivity contribution in [1.82, 2.24) is 4.98 Å². The highest BCUT2D eigenvalue weighted by atomic mass is 16.6. The van der Waals surface area contributed by atoms with Crippen molar-refractivity contribution in [2.45, 2.75) is 32.3 Å². The minimum atomic E-state index is -0.457. The van der Waals surface area contributed by atoms with Crippen LogP contribution < -0.4 is 0 Å². The van der Waals surface area contributed by atoms with Gasteiger partial charge in [0.1, 0.15) is 5.60 Å². The fraction of sp³-hybridized carbons (Fsp3) is 0.385. The minimum absolute atomic E-state index is 0.250. The van der Waals surface area contributed by atoms with Gasteiger partial charge in [0.05, 0.1) is 0 Å². The predicted molar refractivity (Wildman–Crippen MR) is 60.9 cm³/mol. The molecule has 1 aliphatic rings. The number of carbonyl (C=O) groups excluding carboxylic acids is 1. The van der Waals surface area contributed by atoms with Crippen molar-refractivity contribution in [2.75, 3.05) is 0 Å². The lowest BCUT2D eigenvalue weighted by Gasteiger charge is -2.21. The van der Waals surface area contributed by atoms with E-state index in [0.29, 0.717) is 0 Å². The molecule has 0 amide bonds. The number of cyclic esters (lactones) is 1. The van der Waals surface area contributed by atoms with Gasteiger partial charge in [-0.15, -0.1) is 0 Å². The number of nitrogens with zero attached hydrogens (tertiary/aromatic N) is 1. The number of aromatic nitrogens is 1. The normalized spacial score (nSPS) is 23.5. The second-order valence-corrected chi connectivity index (χ2v) is 4.33. The third-order valence-electron chi connectivity index (χ3n) is 2.88. The summed E-state index contributed by atoms with van der Waals surface area (Å²) >= 11 is 0. The summed E-state index contributed by atoms with van der Waals surface area (Å²) < 4.78 is 5.23. The Kier molecular flexibility index (Phi) is 2.77. The second kappa shape index (κ2) is 4.08. The van der Waals surface area contributed by atoms with Crippen LogP contribution in [0.5, 0.6) is 0 Å². The van der Waals surface area contributed by atoms with Crippen molar-refractivity contribution >= 4 is 5.97 Å². The lowest BCUT2D eigenvalue weighted by atomic mass is 9.98. The van der Waals surface area contributed by atoms with E-state index in [4.69, 9.17) is 4.74 Å². The van der Waals surface area contributed by atoms with E-state index < -0.39 is 5.60 Å². The molecule has 1 aromatic heterocycles. The third kappa shape index (κ3) is 2.30. The van der Waals surface area contributed by atoms with E-state index in [1.54, 1.807) is 6.20 Å². The Bertz CT molecular complexity index is 439. The van der Waals surface area contributed by atoms with Gasteiger partial charge < -0.3 is 4.74 Å². The van der Waals surface area contributed by atoms with Crippen LogP contribution in [0.25, 0.3) is 0 Å². The maximum absolute atomic E-state index is 11.0. The van der Waals surface area contributed by atoms with Gasteiger partial charge in [0.15, 0.2) is 0 Å². The summed E-state index contributed by atoms with van der Waals surface area (Å²) in [7, 11) is 0. The molecule has 2 rings (SSSR count). The molecule has 3 nitrogen and oxygen atoms in total. The molecule has 3 heteroatoms. The van der Waals surface area contributed by atoms with Gasteiger partial charge in [-0.3, -0.25) is 4.98 Å². The average molecular weight is 217 g/mol. The Morgan fingerprint density at radius 2 is 2.31 bits per heavy atom. The van der Waals surface area contributed by atoms with Crippen LogP contribution in [0.2, 0.25) is 0 Å². The predicted octanol–water partition coefficient (Wildman–Crippen LogP) is 2.19. The van der Waals surface area contributed by atoms with E-state index in [1.165, 1.54) is 11.6 Å². The molecule has 0 radical (unpaired) electrons. The van der Waals surface area contributed by atoms with Crippen molar-refractivity contribution < 1.29 is 9.53 Å². The minimum Gasteiger partial charge on any atom is -0.452 e. The van der Waals surface area contributed by atoms with E-state index >= 15 is 0 Å². The monoisotopic (exact) mass is 217 g/mol. The van der Waals surface area contributed by atoms with Gasteiger partial charge in [-0.1, -0.05) is 6.07 Å². The number of carbonyl (C=O) groups is 1. The molecule has 0 aromatic carbocycles. The highest BCUT2D eigenvalue weighted by Crippen LogP contribution is 2.25. The number of ether oxygens (including phenoxy) is 1. The zero-order valence-corrected chi connectivity index (χ0v) is 9.56. The largest absolute Gasteiger partial charge is 0.452 e. The van der Waals surface area contributed by atoms with Crippen molar-refractivity contribution in [1.29, 1.82) is 0 Å². The summed E-state index contributed by atoms with van der Waals surface area (Å²) in [5.41, 5.74) is 1.79. The number of hydrogen-bond donors (Lipinski definition) is 0. The molecule has 0 aliphatic carbocycles. The molecule has 1 aromatic rings. The topological polar surface area (TPSA) is 39.2 Å². The SMILES string of the molecule is Cc1cccnc1CCC1(C)C=CC(=O)O1. The zero-order valence-electron chi connectivity index (χ0n) is 9.56. The first kappa shape index (κ1) is 10.9. The van der Waals surface area contributed by atoms with E-state index in [1.807, 2.05) is 32.1 Å². The Hall–Kier alpha value is -1.64. The molecule has 0 saturated carbocycles. The van der Waals surface area contributed by atoms with Gasteiger partial charge in [0, 0.05) is 18.0 Å². The zero-order chi connectivity index (χ0) is 11.6. The van der Waals surface area contributed by atoms with E-state index in [2.05, 4.69) is 4.98 Å². The Morgan fingerprint density at radius 1 is 1.50 bits per heavy atom. The average Bonchev–Trinajstić information content (AvgIpc) is 2.58. The van der Waals surface area contributed by atoms with E-state index in [9.17, 15) is 4.79 Å². The summed E-state index contributed by atoms with van der Waals surface area (Å²) in [4.78, 5) is 15.3. The number of rotatable bonds is 3. The molecule has 0 fully saturated rings. The molecule has 1 unspecified atom stereocenters. The molecular weight excluding hydrogens is 202 g/mol. The van der Waals surface area contributed by atoms with Crippen LogP contribution in [0, 0.1) is 6.92 Å². The lowest BCUT2D eigenvalue weighted by Crippen LogP contribution is -2.24. The maximum Gasteiger partial charge on any atom is 0.331 e. The van der Waals surface area contributed by atoms with Crippen molar-refractivity contribution in [3.8, 4) is 0 Å². The quantitative estimate of drug-likeness (QED) is 0.728. The number of hydrogen-bond acceptors (Lipinski definition) is 3. The fourth-order valence-corrected chi connectivity index (χ4v) is 1.82. The lowest BCUT2D eigenvalue weighted by molar-refractivity contribution is -0.144. The molecule has 2 heterocycles. The van der Waals surface area contributed by atoms with Gasteiger partial charge in [-0.25, -0.2) is 4.79 Å². The Labute approximate surface area is 95.2 Å². The van der Waals surface area contributed by atoms with Gasteiger partial charge in [0.25, 0.3) is 0 Å². The molecule has 84 valence electrons. The molecule has 16 heavy (non-hydrogen) atoms. The van der Waals surface area contributed by atoms with Gasteiger partial charge in [-0.2, -0.15) is 0 Å². The van der Waals surface area contributed by atoms with Crippen molar-refractivity contribution in [2.24, 2.45) is 0 Å². The summed E-state index contributed by atoms with van der Waals surface area (Å²) in [6, 6.07) is 3.97. The van der Waals surface area contributed by atoms with Crippen LogP contribution in [0.3, 0.4) is 0 Å². The van der Waals surface area contributed by atoms with Crippen LogP contribution >= 0.6 is 0 Å². The molecule has 0 bridgehead atoms. The summed E-state index contributed by atoms with van der Waals surface area (Å²) in [5, 5.41) is 0. The van der Waals surface area contributed by atoms with Crippen LogP contribution in [0.4, 0.5) is 0 Å². The number of pyridine rings is 1. The molecule has 1 atom stereocenters. The van der Waals surface area contributed by atoms with Crippen LogP contribution in [-0.4, -0.2) is 16.6 Å². The third-order valence-corrected chi connectivity index (χ3v) is 2.88. The summed E-state index contributed by atoms with van der Waals surface area (Å²) in [6.45, 7) is 3.97. The van der Waals surface area contributed by atoms with Crippen LogP contribution in [-0.2, 0) is 16.0 Å². The van der Waals surface area contributed by atoms with Crippen molar-refractivity contribution in [3.63, 3.8) is 0 Å². The molecule has 1 aliphatic heterocycles. The maximum atomic E-state index is 11.0. The van der Waals surface area contributed by atoms with Crippen LogP contribution in [0.15, 0.2) is 30.5 Å². The van der Waals surface area contributed by atoms with Gasteiger partial charge in [0.2, 0.25) is 0 Å². The highest BCUT2D eigenvalue weighted by Gasteiger charge is 2.30. The van der Waals surface area contributed by atoms with Crippen LogP contribution in [0.1, 0.15) is 24.6 Å². The standard InChI is InChI=1S/C13H15NO2/c1-10-4-3-9-14-11(10)5-7-13(2)8-6-12(15)16-13/h3-4,6,8-9H,5,7H2,1-2H3. The summed E-state index contributed by atoms with van der Waals surface area (Å²) in [6.07, 6.45) is 6.70. The molecule has 0 spiro atoms. The summed E-state index contributed by atoms with van der Waals surface area (Å²) in [5.74, 6) is -0.250. The first-order chi connectivity index (χ1) is 7.59. The number of esters is 1. The molecular formula is C13H15NO2. The molecule has 0 saturated heterocycles. The fourth-order valence-electron chi connectivity index (χ4n) is 1.82. The highest BCUT2D eigenvalue weighted by molar-refractivity contribution is 5.85. The van der Waals surface area contributed by atoms with Gasteiger partial charge in [-0.05, 0) is 44.4 Å². The second-order valence-electron chi connectivity index (χ2n) is 4.33. The first-order valence-corrected chi connectivity index (χ1v) is 5.42. The van der Waals surface area contributed by atoms with Crippen molar-refractivity contribution in [3.05, 3.63) is 41.7 Å². The Morgan fingerprint density at radius 3 is 2.94 bits per heavy atom. The van der Waals surface area contributed by atoms with E-state index in [-0.39, 0.29) is 5.97 Å². The van der Waals surface area contributed by atoms with Gasteiger partial charge >= 0.3 is 5.97 Å². The Balaban J connectivity index is 2.01. The first-order valence-electron chi connectivity index (χ1n) is 5.42. The number of aryl methyl sites for hydroxylation is 2. The smallest absolute Gasteiger partial charge is 0.331 e. The van der Waals surface area contributed by atoms with E-state index in [0.717, 1.165) is 18.5 Å².